The zero-order chi connectivity index (χ0) is 22.6. The maximum atomic E-state index is 12.4. The van der Waals surface area contributed by atoms with Crippen LogP contribution >= 0.6 is 0 Å². The highest BCUT2D eigenvalue weighted by Gasteiger charge is 2.49. The van der Waals surface area contributed by atoms with Crippen molar-refractivity contribution in [3.63, 3.8) is 0 Å². The number of alkyl carbamates (subject to hydrolysis) is 2. The highest BCUT2D eigenvalue weighted by atomic mass is 16.6. The highest BCUT2D eigenvalue weighted by Crippen LogP contribution is 2.35. The third-order valence-electron chi connectivity index (χ3n) is 4.43. The Kier molecular flexibility index (Phi) is 8.32. The normalized spacial score (nSPS) is 25.7. The van der Waals surface area contributed by atoms with Crippen molar-refractivity contribution in [2.24, 2.45) is 11.8 Å². The number of carbonyl (C=O) groups is 3. The summed E-state index contributed by atoms with van der Waals surface area (Å²) in [6, 6.07) is -1.39. The van der Waals surface area contributed by atoms with Crippen molar-refractivity contribution < 1.29 is 33.7 Å². The van der Waals surface area contributed by atoms with Crippen LogP contribution < -0.4 is 10.6 Å². The van der Waals surface area contributed by atoms with Crippen LogP contribution in [-0.2, 0) is 19.0 Å². The summed E-state index contributed by atoms with van der Waals surface area (Å²) in [5, 5.41) is 16.1. The molecular formula is C20H36N2O7. The fraction of sp³-hybridized carbons (Fsp3) is 0.850. The van der Waals surface area contributed by atoms with Crippen molar-refractivity contribution >= 4 is 18.2 Å². The van der Waals surface area contributed by atoms with E-state index in [2.05, 4.69) is 10.6 Å². The van der Waals surface area contributed by atoms with E-state index in [0.717, 1.165) is 0 Å². The second kappa shape index (κ2) is 9.65. The first kappa shape index (κ1) is 25.0. The molecule has 0 radical (unpaired) electrons. The number of hydrogen-bond donors (Lipinski definition) is 3. The third kappa shape index (κ3) is 8.08. The maximum Gasteiger partial charge on any atom is 0.407 e. The summed E-state index contributed by atoms with van der Waals surface area (Å²) in [6.07, 6.45) is -2.20. The fourth-order valence-electron chi connectivity index (χ4n) is 3.31. The van der Waals surface area contributed by atoms with Crippen LogP contribution in [0.15, 0.2) is 0 Å². The van der Waals surface area contributed by atoms with Gasteiger partial charge in [-0.1, -0.05) is 0 Å². The molecule has 2 amide bonds. The second-order valence-corrected chi connectivity index (χ2v) is 9.36. The van der Waals surface area contributed by atoms with Gasteiger partial charge in [0.15, 0.2) is 0 Å². The van der Waals surface area contributed by atoms with Gasteiger partial charge in [-0.15, -0.1) is 0 Å². The molecule has 3 N–H and O–H groups in total. The summed E-state index contributed by atoms with van der Waals surface area (Å²) < 4.78 is 15.6. The molecule has 5 atom stereocenters. The molecule has 0 aliphatic heterocycles. The molecule has 9 heteroatoms. The van der Waals surface area contributed by atoms with Crippen LogP contribution in [0.5, 0.6) is 0 Å². The zero-order valence-corrected chi connectivity index (χ0v) is 18.7. The van der Waals surface area contributed by atoms with Crippen LogP contribution in [0.1, 0.15) is 61.8 Å². The Hall–Kier alpha value is -2.03. The van der Waals surface area contributed by atoms with Gasteiger partial charge in [0.1, 0.15) is 11.2 Å². The van der Waals surface area contributed by atoms with Crippen LogP contribution in [0.25, 0.3) is 0 Å². The molecule has 1 unspecified atom stereocenters. The van der Waals surface area contributed by atoms with E-state index in [1.807, 2.05) is 0 Å². The summed E-state index contributed by atoms with van der Waals surface area (Å²) in [4.78, 5) is 36.7. The summed E-state index contributed by atoms with van der Waals surface area (Å²) in [7, 11) is 0. The van der Waals surface area contributed by atoms with Gasteiger partial charge >= 0.3 is 18.2 Å². The number of hydrogen-bond acceptors (Lipinski definition) is 7. The van der Waals surface area contributed by atoms with Crippen LogP contribution in [-0.4, -0.2) is 59.3 Å². The van der Waals surface area contributed by atoms with E-state index in [1.165, 1.54) is 0 Å². The predicted octanol–water partition coefficient (Wildman–Crippen LogP) is 2.35. The molecule has 9 nitrogen and oxygen atoms in total. The molecule has 0 aromatic rings. The monoisotopic (exact) mass is 416 g/mol. The molecule has 1 saturated carbocycles. The van der Waals surface area contributed by atoms with E-state index in [1.54, 1.807) is 55.4 Å². The highest BCUT2D eigenvalue weighted by molar-refractivity contribution is 5.76. The van der Waals surface area contributed by atoms with E-state index < -0.39 is 59.4 Å². The van der Waals surface area contributed by atoms with E-state index >= 15 is 0 Å². The number of nitrogens with one attached hydrogen (secondary N) is 2. The smallest absolute Gasteiger partial charge is 0.407 e. The molecule has 1 aliphatic carbocycles. The molecule has 1 fully saturated rings. The molecule has 0 saturated heterocycles. The van der Waals surface area contributed by atoms with E-state index in [9.17, 15) is 19.5 Å². The number of amides is 2. The van der Waals surface area contributed by atoms with Gasteiger partial charge in [-0.2, -0.15) is 0 Å². The first-order chi connectivity index (χ1) is 13.1. The number of rotatable bonds is 5. The summed E-state index contributed by atoms with van der Waals surface area (Å²) in [6.45, 7) is 14.0. The minimum atomic E-state index is -1.08. The minimum Gasteiger partial charge on any atom is -0.466 e. The molecule has 0 heterocycles. The largest absolute Gasteiger partial charge is 0.466 e. The lowest BCUT2D eigenvalue weighted by molar-refractivity contribution is -0.148. The first-order valence-electron chi connectivity index (χ1n) is 9.98. The Balaban J connectivity index is 2.92. The molecule has 1 rings (SSSR count). The van der Waals surface area contributed by atoms with Crippen molar-refractivity contribution in [1.29, 1.82) is 0 Å². The van der Waals surface area contributed by atoms with Gasteiger partial charge in [-0.25, -0.2) is 9.59 Å². The van der Waals surface area contributed by atoms with E-state index in [4.69, 9.17) is 14.2 Å². The maximum absolute atomic E-state index is 12.4. The second-order valence-electron chi connectivity index (χ2n) is 9.36. The first-order valence-corrected chi connectivity index (χ1v) is 9.98. The van der Waals surface area contributed by atoms with Crippen molar-refractivity contribution in [3.8, 4) is 0 Å². The Labute approximate surface area is 172 Å². The van der Waals surface area contributed by atoms with Crippen molar-refractivity contribution in [2.45, 2.75) is 91.2 Å². The molecule has 0 bridgehead atoms. The van der Waals surface area contributed by atoms with Gasteiger partial charge in [0.25, 0.3) is 0 Å². The third-order valence-corrected chi connectivity index (χ3v) is 4.43. The summed E-state index contributed by atoms with van der Waals surface area (Å²) in [5.74, 6) is -1.76. The summed E-state index contributed by atoms with van der Waals surface area (Å²) in [5.41, 5.74) is -1.38. The molecule has 0 spiro atoms. The van der Waals surface area contributed by atoms with Crippen LogP contribution in [0, 0.1) is 11.8 Å². The van der Waals surface area contributed by atoms with Gasteiger partial charge in [0, 0.05) is 12.0 Å². The van der Waals surface area contributed by atoms with Gasteiger partial charge in [-0.05, 0) is 61.8 Å². The molecule has 168 valence electrons. The van der Waals surface area contributed by atoms with Gasteiger partial charge < -0.3 is 30.0 Å². The van der Waals surface area contributed by atoms with Gasteiger partial charge in [0.2, 0.25) is 0 Å². The van der Waals surface area contributed by atoms with Crippen LogP contribution in [0.2, 0.25) is 0 Å². The van der Waals surface area contributed by atoms with E-state index in [0.29, 0.717) is 0 Å². The predicted molar refractivity (Wildman–Crippen MR) is 106 cm³/mol. The lowest BCUT2D eigenvalue weighted by atomic mass is 9.96. The average molecular weight is 417 g/mol. The number of esters is 1. The van der Waals surface area contributed by atoms with E-state index in [-0.39, 0.29) is 13.0 Å². The molecule has 0 aromatic carbocycles. The SMILES string of the molecule is CCOC(=O)[C@H]1CC([C@@H](C)NC(=O)OC(C)(C)C)[C@@H](O)[C@@H]1NC(=O)OC(C)(C)C. The van der Waals surface area contributed by atoms with Crippen molar-refractivity contribution in [2.75, 3.05) is 6.61 Å². The number of ether oxygens (including phenoxy) is 3. The molecule has 1 aliphatic rings. The molecule has 0 aromatic heterocycles. The lowest BCUT2D eigenvalue weighted by Crippen LogP contribution is -2.50. The number of aliphatic hydroxyl groups is 1. The topological polar surface area (TPSA) is 123 Å². The molecular weight excluding hydrogens is 380 g/mol. The van der Waals surface area contributed by atoms with Crippen molar-refractivity contribution in [3.05, 3.63) is 0 Å². The summed E-state index contributed by atoms with van der Waals surface area (Å²) >= 11 is 0. The Morgan fingerprint density at radius 1 is 1.03 bits per heavy atom. The zero-order valence-electron chi connectivity index (χ0n) is 18.7. The fourth-order valence-corrected chi connectivity index (χ4v) is 3.31. The average Bonchev–Trinajstić information content (AvgIpc) is 2.81. The minimum absolute atomic E-state index is 0.182. The lowest BCUT2D eigenvalue weighted by Gasteiger charge is -2.28. The standard InChI is InChI=1S/C20H36N2O7/c1-9-27-16(24)13-10-12(11(2)21-17(25)28-19(3,4)5)15(23)14(13)22-18(26)29-20(6,7)8/h11-15,23H,9-10H2,1-8H3,(H,21,25)(H,22,26)/t11-,12?,13+,14-,15-/m1/s1. The number of aliphatic hydroxyl groups excluding tert-OH is 1. The molecule has 29 heavy (non-hydrogen) atoms. The van der Waals surface area contributed by atoms with Crippen molar-refractivity contribution in [1.82, 2.24) is 10.6 Å². The van der Waals surface area contributed by atoms with Gasteiger partial charge in [-0.3, -0.25) is 4.79 Å². The Morgan fingerprint density at radius 3 is 2.03 bits per heavy atom. The quantitative estimate of drug-likeness (QED) is 0.464. The van der Waals surface area contributed by atoms with Gasteiger partial charge in [0.05, 0.1) is 24.7 Å². The number of carbonyl (C=O) groups excluding carboxylic acids is 3. The van der Waals surface area contributed by atoms with Crippen LogP contribution in [0.4, 0.5) is 9.59 Å². The Bertz CT molecular complexity index is 595. The Morgan fingerprint density at radius 2 is 1.55 bits per heavy atom. The van der Waals surface area contributed by atoms with Crippen LogP contribution in [0.3, 0.4) is 0 Å².